The zero-order valence-corrected chi connectivity index (χ0v) is 19.4. The van der Waals surface area contributed by atoms with Gasteiger partial charge in [0.15, 0.2) is 11.5 Å². The molecule has 33 heavy (non-hydrogen) atoms. The van der Waals surface area contributed by atoms with E-state index in [1.165, 1.54) is 16.8 Å². The molecule has 3 aromatic rings. The van der Waals surface area contributed by atoms with Crippen LogP contribution in [0.3, 0.4) is 0 Å². The van der Waals surface area contributed by atoms with Gasteiger partial charge in [-0.3, -0.25) is 4.79 Å². The second kappa shape index (κ2) is 8.81. The summed E-state index contributed by atoms with van der Waals surface area (Å²) in [7, 11) is 3.18. The van der Waals surface area contributed by atoms with E-state index in [0.717, 1.165) is 31.5 Å². The molecular formula is C28H29N2O3. The molecule has 1 amide bonds. The van der Waals surface area contributed by atoms with E-state index in [-0.39, 0.29) is 18.0 Å². The van der Waals surface area contributed by atoms with Gasteiger partial charge in [-0.2, -0.15) is 0 Å². The fraction of sp³-hybridized carbons (Fsp3) is 0.321. The van der Waals surface area contributed by atoms with Crippen molar-refractivity contribution in [3.8, 4) is 11.5 Å². The zero-order chi connectivity index (χ0) is 22.9. The van der Waals surface area contributed by atoms with Gasteiger partial charge >= 0.3 is 0 Å². The monoisotopic (exact) mass is 441 g/mol. The largest absolute Gasteiger partial charge is 0.493 e. The standard InChI is InChI=1S/C28H29N2O3/c1-19-17-25(29-16-8-10-20-9-4-6-12-23(20)29)22-11-5-7-13-24(22)30(19)28(31)21-14-15-26(32-2)27(18-21)33-3/h5-7,9,11-15,18-19,25H,8,10,16-17H2,1-3H3. The van der Waals surface area contributed by atoms with Gasteiger partial charge in [0, 0.05) is 29.5 Å². The first kappa shape index (κ1) is 21.4. The van der Waals surface area contributed by atoms with Gasteiger partial charge in [-0.05, 0) is 79.8 Å². The fourth-order valence-electron chi connectivity index (χ4n) is 5.32. The second-order valence-electron chi connectivity index (χ2n) is 8.76. The van der Waals surface area contributed by atoms with Gasteiger partial charge in [0.05, 0.1) is 20.3 Å². The number of hydrogen-bond acceptors (Lipinski definition) is 4. The average Bonchev–Trinajstić information content (AvgIpc) is 2.87. The van der Waals surface area contributed by atoms with E-state index in [1.807, 2.05) is 23.1 Å². The molecule has 0 bridgehead atoms. The van der Waals surface area contributed by atoms with Crippen molar-refractivity contribution in [1.29, 1.82) is 0 Å². The van der Waals surface area contributed by atoms with Crippen molar-refractivity contribution in [2.24, 2.45) is 0 Å². The molecule has 0 aliphatic carbocycles. The lowest BCUT2D eigenvalue weighted by atomic mass is 9.88. The first-order valence-corrected chi connectivity index (χ1v) is 11.5. The Morgan fingerprint density at radius 3 is 2.67 bits per heavy atom. The maximum atomic E-state index is 13.7. The number of aryl methyl sites for hydroxylation is 1. The van der Waals surface area contributed by atoms with Crippen molar-refractivity contribution in [2.45, 2.75) is 38.3 Å². The van der Waals surface area contributed by atoms with E-state index in [9.17, 15) is 4.79 Å². The maximum Gasteiger partial charge on any atom is 0.258 e. The van der Waals surface area contributed by atoms with E-state index in [0.29, 0.717) is 17.1 Å². The quantitative estimate of drug-likeness (QED) is 0.541. The molecule has 0 saturated carbocycles. The van der Waals surface area contributed by atoms with Crippen LogP contribution in [0.15, 0.2) is 60.7 Å². The first-order valence-electron chi connectivity index (χ1n) is 11.5. The Hall–Kier alpha value is -3.47. The Bertz CT molecular complexity index is 1180. The molecule has 5 nitrogen and oxygen atoms in total. The molecule has 2 atom stereocenters. The van der Waals surface area contributed by atoms with Gasteiger partial charge in [-0.1, -0.05) is 24.3 Å². The minimum absolute atomic E-state index is 0.0250. The Balaban J connectivity index is 1.53. The molecule has 1 radical (unpaired) electrons. The summed E-state index contributed by atoms with van der Waals surface area (Å²) in [5.41, 5.74) is 5.43. The molecule has 2 unspecified atom stereocenters. The van der Waals surface area contributed by atoms with Gasteiger partial charge in [0.25, 0.3) is 5.91 Å². The number of para-hydroxylation sites is 1. The van der Waals surface area contributed by atoms with E-state index < -0.39 is 0 Å². The molecular weight excluding hydrogens is 412 g/mol. The summed E-state index contributed by atoms with van der Waals surface area (Å²) in [6.45, 7) is 3.16. The van der Waals surface area contributed by atoms with Crippen LogP contribution in [-0.4, -0.2) is 32.7 Å². The molecule has 5 rings (SSSR count). The zero-order valence-electron chi connectivity index (χ0n) is 19.4. The van der Waals surface area contributed by atoms with Crippen LogP contribution in [0.25, 0.3) is 0 Å². The molecule has 2 heterocycles. The van der Waals surface area contributed by atoms with Crippen molar-refractivity contribution < 1.29 is 14.3 Å². The van der Waals surface area contributed by atoms with Crippen molar-refractivity contribution in [3.63, 3.8) is 0 Å². The fourth-order valence-corrected chi connectivity index (χ4v) is 5.32. The third-order valence-corrected chi connectivity index (χ3v) is 6.86. The summed E-state index contributed by atoms with van der Waals surface area (Å²) in [4.78, 5) is 18.2. The number of carbonyl (C=O) groups excluding carboxylic acids is 1. The van der Waals surface area contributed by atoms with Crippen molar-refractivity contribution >= 4 is 17.3 Å². The van der Waals surface area contributed by atoms with Crippen molar-refractivity contribution in [1.82, 2.24) is 0 Å². The predicted molar refractivity (Wildman–Crippen MR) is 131 cm³/mol. The van der Waals surface area contributed by atoms with Gasteiger partial charge in [-0.15, -0.1) is 0 Å². The van der Waals surface area contributed by atoms with Crippen LogP contribution in [-0.2, 0) is 6.42 Å². The third-order valence-electron chi connectivity index (χ3n) is 6.86. The molecule has 0 saturated heterocycles. The highest BCUT2D eigenvalue weighted by Gasteiger charge is 2.37. The third kappa shape index (κ3) is 3.71. The lowest BCUT2D eigenvalue weighted by molar-refractivity contribution is 0.0973. The number of nitrogens with zero attached hydrogens (tertiary/aromatic N) is 2. The van der Waals surface area contributed by atoms with E-state index >= 15 is 0 Å². The summed E-state index contributed by atoms with van der Waals surface area (Å²) in [5, 5.41) is 0. The number of anilines is 2. The Labute approximate surface area is 195 Å². The van der Waals surface area contributed by atoms with Crippen LogP contribution in [0.2, 0.25) is 0 Å². The number of methoxy groups -OCH3 is 2. The Morgan fingerprint density at radius 2 is 1.85 bits per heavy atom. The number of ether oxygens (including phenoxy) is 2. The van der Waals surface area contributed by atoms with Gasteiger partial charge in [0.2, 0.25) is 0 Å². The lowest BCUT2D eigenvalue weighted by Crippen LogP contribution is -2.47. The average molecular weight is 442 g/mol. The van der Waals surface area contributed by atoms with E-state index in [2.05, 4.69) is 48.2 Å². The molecule has 5 heteroatoms. The topological polar surface area (TPSA) is 42.0 Å². The Kier molecular flexibility index (Phi) is 5.71. The minimum atomic E-state index is -0.0250. The first-order chi connectivity index (χ1) is 16.1. The normalized spacial score (nSPS) is 19.5. The summed E-state index contributed by atoms with van der Waals surface area (Å²) in [6.07, 6.45) is 3.09. The Morgan fingerprint density at radius 1 is 1.03 bits per heavy atom. The van der Waals surface area contributed by atoms with Gasteiger partial charge in [-0.25, -0.2) is 0 Å². The summed E-state index contributed by atoms with van der Waals surface area (Å²) in [5.74, 6) is 1.14. The molecule has 169 valence electrons. The minimum Gasteiger partial charge on any atom is -0.493 e. The predicted octanol–water partition coefficient (Wildman–Crippen LogP) is 5.44. The number of benzene rings is 3. The SMILES string of the molecule is COc1ccc(C(=O)N2c3ccccc3C(N3CCCc4c[c]ccc43)CC2C)cc1OC. The lowest BCUT2D eigenvalue weighted by Gasteiger charge is -2.46. The van der Waals surface area contributed by atoms with Crippen molar-refractivity contribution in [2.75, 3.05) is 30.6 Å². The van der Waals surface area contributed by atoms with Gasteiger partial charge < -0.3 is 19.3 Å². The molecule has 0 fully saturated rings. The number of fused-ring (bicyclic) bond motifs is 2. The molecule has 3 aromatic carbocycles. The maximum absolute atomic E-state index is 13.7. The molecule has 2 aliphatic rings. The highest BCUT2D eigenvalue weighted by Crippen LogP contribution is 2.44. The van der Waals surface area contributed by atoms with Crippen LogP contribution >= 0.6 is 0 Å². The second-order valence-corrected chi connectivity index (χ2v) is 8.76. The number of hydrogen-bond donors (Lipinski definition) is 0. The summed E-state index contributed by atoms with van der Waals surface area (Å²) >= 11 is 0. The van der Waals surface area contributed by atoms with Gasteiger partial charge in [0.1, 0.15) is 0 Å². The van der Waals surface area contributed by atoms with Crippen molar-refractivity contribution in [3.05, 3.63) is 83.4 Å². The number of amides is 1. The molecule has 2 aliphatic heterocycles. The highest BCUT2D eigenvalue weighted by molar-refractivity contribution is 6.07. The molecule has 0 N–H and O–H groups in total. The molecule has 0 aromatic heterocycles. The van der Waals surface area contributed by atoms with Crippen LogP contribution in [0, 0.1) is 6.07 Å². The smallest absolute Gasteiger partial charge is 0.258 e. The summed E-state index contributed by atoms with van der Waals surface area (Å²) in [6, 6.07) is 23.5. The highest BCUT2D eigenvalue weighted by atomic mass is 16.5. The van der Waals surface area contributed by atoms with Crippen LogP contribution in [0.5, 0.6) is 11.5 Å². The van der Waals surface area contributed by atoms with E-state index in [1.54, 1.807) is 26.4 Å². The van der Waals surface area contributed by atoms with Crippen LogP contribution in [0.1, 0.15) is 47.3 Å². The number of carbonyl (C=O) groups is 1. The summed E-state index contributed by atoms with van der Waals surface area (Å²) < 4.78 is 10.8. The van der Waals surface area contributed by atoms with Crippen LogP contribution in [0.4, 0.5) is 11.4 Å². The van der Waals surface area contributed by atoms with Crippen LogP contribution < -0.4 is 19.3 Å². The van der Waals surface area contributed by atoms with E-state index in [4.69, 9.17) is 9.47 Å². The number of rotatable bonds is 4. The molecule has 0 spiro atoms.